The number of piperidine rings is 1. The lowest BCUT2D eigenvalue weighted by atomic mass is 10.1. The molecule has 1 aromatic carbocycles. The number of amides is 2. The maximum absolute atomic E-state index is 12.9. The van der Waals surface area contributed by atoms with Crippen molar-refractivity contribution in [3.05, 3.63) is 46.4 Å². The lowest BCUT2D eigenvalue weighted by Gasteiger charge is -2.26. The minimum absolute atomic E-state index is 0.0871. The summed E-state index contributed by atoms with van der Waals surface area (Å²) in [6, 6.07) is 8.11. The number of methoxy groups -OCH3 is 1. The van der Waals surface area contributed by atoms with E-state index < -0.39 is 11.8 Å². The molecule has 0 saturated carbocycles. The molecular formula is C23H25N5O5. The molecular weight excluding hydrogens is 426 g/mol. The molecule has 33 heavy (non-hydrogen) atoms. The van der Waals surface area contributed by atoms with E-state index in [2.05, 4.69) is 15.6 Å². The first-order valence-corrected chi connectivity index (χ1v) is 11.0. The summed E-state index contributed by atoms with van der Waals surface area (Å²) in [5, 5.41) is 6.00. The Morgan fingerprint density at radius 1 is 1.21 bits per heavy atom. The Morgan fingerprint density at radius 3 is 2.82 bits per heavy atom. The van der Waals surface area contributed by atoms with Crippen LogP contribution in [-0.2, 0) is 22.6 Å². The van der Waals surface area contributed by atoms with Gasteiger partial charge >= 0.3 is 5.76 Å². The highest BCUT2D eigenvalue weighted by Crippen LogP contribution is 2.27. The number of fused-ring (bicyclic) bond motifs is 2. The predicted octanol–water partition coefficient (Wildman–Crippen LogP) is 1.99. The molecule has 10 heteroatoms. The number of carbonyl (C=O) groups is 2. The molecule has 10 nitrogen and oxygen atoms in total. The van der Waals surface area contributed by atoms with Gasteiger partial charge in [0.2, 0.25) is 17.7 Å². The monoisotopic (exact) mass is 451 g/mol. The lowest BCUT2D eigenvalue weighted by Crippen LogP contribution is -2.39. The van der Waals surface area contributed by atoms with E-state index in [9.17, 15) is 14.4 Å². The van der Waals surface area contributed by atoms with E-state index in [0.29, 0.717) is 48.0 Å². The largest absolute Gasteiger partial charge is 0.481 e. The minimum atomic E-state index is -0.591. The lowest BCUT2D eigenvalue weighted by molar-refractivity contribution is -0.132. The van der Waals surface area contributed by atoms with Crippen LogP contribution in [0.3, 0.4) is 0 Å². The fraction of sp³-hybridized carbons (Fsp3) is 0.391. The number of benzene rings is 1. The van der Waals surface area contributed by atoms with Crippen molar-refractivity contribution in [1.29, 1.82) is 0 Å². The molecule has 0 spiro atoms. The van der Waals surface area contributed by atoms with E-state index in [-0.39, 0.29) is 18.4 Å². The highest BCUT2D eigenvalue weighted by molar-refractivity contribution is 5.99. The number of nitrogens with one attached hydrogen (secondary N) is 2. The van der Waals surface area contributed by atoms with E-state index in [1.807, 2.05) is 6.07 Å². The molecule has 5 rings (SSSR count). The number of hydrogen-bond donors (Lipinski definition) is 2. The van der Waals surface area contributed by atoms with Gasteiger partial charge in [-0.3, -0.25) is 14.2 Å². The van der Waals surface area contributed by atoms with Gasteiger partial charge in [-0.05, 0) is 49.1 Å². The number of likely N-dealkylation sites (tertiary alicyclic amines) is 1. The molecule has 1 fully saturated rings. The molecule has 0 aliphatic carbocycles. The predicted molar refractivity (Wildman–Crippen MR) is 121 cm³/mol. The van der Waals surface area contributed by atoms with Crippen molar-refractivity contribution in [3.63, 3.8) is 0 Å². The zero-order valence-corrected chi connectivity index (χ0v) is 18.3. The minimum Gasteiger partial charge on any atom is -0.481 e. The van der Waals surface area contributed by atoms with Crippen molar-refractivity contribution in [2.75, 3.05) is 30.8 Å². The Labute approximate surface area is 189 Å². The number of aromatic nitrogens is 2. The number of nitrogens with zero attached hydrogens (tertiary/aromatic N) is 3. The zero-order chi connectivity index (χ0) is 22.9. The summed E-state index contributed by atoms with van der Waals surface area (Å²) in [4.78, 5) is 44.1. The third-order valence-electron chi connectivity index (χ3n) is 6.15. The van der Waals surface area contributed by atoms with Gasteiger partial charge in [-0.25, -0.2) is 4.79 Å². The van der Waals surface area contributed by atoms with Crippen LogP contribution in [0.25, 0.3) is 11.1 Å². The molecule has 2 amide bonds. The van der Waals surface area contributed by atoms with Crippen LogP contribution in [0.2, 0.25) is 0 Å². The van der Waals surface area contributed by atoms with Crippen LogP contribution in [0.4, 0.5) is 11.5 Å². The highest BCUT2D eigenvalue weighted by Gasteiger charge is 2.28. The van der Waals surface area contributed by atoms with Crippen molar-refractivity contribution >= 4 is 34.4 Å². The molecule has 2 aliphatic heterocycles. The van der Waals surface area contributed by atoms with Gasteiger partial charge in [0, 0.05) is 31.3 Å². The average Bonchev–Trinajstić information content (AvgIpc) is 3.40. The highest BCUT2D eigenvalue weighted by atomic mass is 16.5. The fourth-order valence-corrected chi connectivity index (χ4v) is 4.37. The van der Waals surface area contributed by atoms with Gasteiger partial charge in [-0.15, -0.1) is 0 Å². The van der Waals surface area contributed by atoms with E-state index in [4.69, 9.17) is 9.15 Å². The van der Waals surface area contributed by atoms with Crippen LogP contribution in [0.1, 0.15) is 24.8 Å². The maximum atomic E-state index is 12.9. The zero-order valence-electron chi connectivity index (χ0n) is 18.3. The van der Waals surface area contributed by atoms with Gasteiger partial charge in [0.15, 0.2) is 5.58 Å². The van der Waals surface area contributed by atoms with E-state index in [1.165, 1.54) is 4.57 Å². The Hall–Kier alpha value is -3.82. The number of carbonyl (C=O) groups excluding carboxylic acids is 2. The second kappa shape index (κ2) is 8.61. The van der Waals surface area contributed by atoms with Gasteiger partial charge in [-0.2, -0.15) is 4.98 Å². The molecule has 3 aromatic rings. The number of oxazole rings is 1. The summed E-state index contributed by atoms with van der Waals surface area (Å²) in [6.45, 7) is 1.33. The summed E-state index contributed by atoms with van der Waals surface area (Å²) < 4.78 is 11.8. The third kappa shape index (κ3) is 4.15. The maximum Gasteiger partial charge on any atom is 0.420 e. The van der Waals surface area contributed by atoms with Crippen LogP contribution in [-0.4, -0.2) is 52.5 Å². The van der Waals surface area contributed by atoms with Gasteiger partial charge in [0.05, 0.1) is 12.6 Å². The smallest absolute Gasteiger partial charge is 0.420 e. The Balaban J connectivity index is 1.32. The van der Waals surface area contributed by atoms with Crippen LogP contribution in [0.5, 0.6) is 5.88 Å². The van der Waals surface area contributed by atoms with Crippen molar-refractivity contribution in [2.24, 2.45) is 0 Å². The molecule has 2 aliphatic rings. The molecule has 172 valence electrons. The number of rotatable bonds is 5. The van der Waals surface area contributed by atoms with Crippen LogP contribution in [0.15, 0.2) is 39.5 Å². The SMILES string of the molecule is COc1ccc2c(n1)NC(C(=O)Nc1ccc3oc(=O)n(CC(=O)N4CCCCC4)c3c1)C2. The summed E-state index contributed by atoms with van der Waals surface area (Å²) in [5.41, 5.74) is 2.28. The van der Waals surface area contributed by atoms with Gasteiger partial charge in [0.1, 0.15) is 18.4 Å². The topological polar surface area (TPSA) is 119 Å². The molecule has 4 heterocycles. The Kier molecular flexibility index (Phi) is 5.49. The van der Waals surface area contributed by atoms with E-state index in [0.717, 1.165) is 24.8 Å². The van der Waals surface area contributed by atoms with Crippen LogP contribution >= 0.6 is 0 Å². The van der Waals surface area contributed by atoms with Gasteiger partial charge in [0.25, 0.3) is 0 Å². The van der Waals surface area contributed by atoms with Crippen LogP contribution in [0, 0.1) is 0 Å². The second-order valence-electron chi connectivity index (χ2n) is 8.33. The number of hydrogen-bond acceptors (Lipinski definition) is 7. The first-order valence-electron chi connectivity index (χ1n) is 11.0. The first kappa shape index (κ1) is 21.0. The first-order chi connectivity index (χ1) is 16.0. The molecule has 2 aromatic heterocycles. The quantitative estimate of drug-likeness (QED) is 0.609. The fourth-order valence-electron chi connectivity index (χ4n) is 4.37. The molecule has 2 N–H and O–H groups in total. The molecule has 1 saturated heterocycles. The molecule has 1 atom stereocenters. The summed E-state index contributed by atoms with van der Waals surface area (Å²) >= 11 is 0. The van der Waals surface area contributed by atoms with E-state index in [1.54, 1.807) is 36.3 Å². The normalized spacial score (nSPS) is 17.5. The van der Waals surface area contributed by atoms with Gasteiger partial charge in [-0.1, -0.05) is 0 Å². The molecule has 0 bridgehead atoms. The van der Waals surface area contributed by atoms with Crippen molar-refractivity contribution in [1.82, 2.24) is 14.5 Å². The summed E-state index contributed by atoms with van der Waals surface area (Å²) in [5.74, 6) is 0.180. The summed E-state index contributed by atoms with van der Waals surface area (Å²) in [6.07, 6.45) is 3.57. The summed E-state index contributed by atoms with van der Waals surface area (Å²) in [7, 11) is 1.54. The number of anilines is 2. The number of ether oxygens (including phenoxy) is 1. The van der Waals surface area contributed by atoms with Crippen molar-refractivity contribution in [3.8, 4) is 5.88 Å². The standard InChI is InChI=1S/C23H25N5O5/c1-32-19-8-5-14-11-16(25-21(14)26-19)22(30)24-15-6-7-18-17(12-15)28(23(31)33-18)13-20(29)27-9-3-2-4-10-27/h5-8,12,16H,2-4,9-11,13H2,1H3,(H,24,30)(H,25,26). The van der Waals surface area contributed by atoms with Crippen molar-refractivity contribution < 1.29 is 18.7 Å². The number of pyridine rings is 1. The van der Waals surface area contributed by atoms with Crippen molar-refractivity contribution in [2.45, 2.75) is 38.3 Å². The van der Waals surface area contributed by atoms with Crippen LogP contribution < -0.4 is 21.1 Å². The Bertz CT molecular complexity index is 1270. The third-order valence-corrected chi connectivity index (χ3v) is 6.15. The molecule has 1 unspecified atom stereocenters. The van der Waals surface area contributed by atoms with Gasteiger partial charge < -0.3 is 24.7 Å². The Morgan fingerprint density at radius 2 is 2.03 bits per heavy atom. The van der Waals surface area contributed by atoms with E-state index >= 15 is 0 Å². The molecule has 0 radical (unpaired) electrons. The average molecular weight is 451 g/mol. The second-order valence-corrected chi connectivity index (χ2v) is 8.33.